The largest absolute Gasteiger partial charge is 0.438 e. The molecule has 0 amide bonds. The Hall–Kier alpha value is -2.31. The summed E-state index contributed by atoms with van der Waals surface area (Å²) in [6.07, 6.45) is -4.55. The third kappa shape index (κ3) is 3.17. The molecular weight excluding hydrogens is 271 g/mol. The Bertz CT molecular complexity index is 621. The van der Waals surface area contributed by atoms with Crippen LogP contribution < -0.4 is 10.5 Å². The summed E-state index contributed by atoms with van der Waals surface area (Å²) in [5.41, 5.74) is 5.07. The molecule has 0 spiro atoms. The average Bonchev–Trinajstić information content (AvgIpc) is 2.28. The molecule has 4 nitrogen and oxygen atoms in total. The van der Waals surface area contributed by atoms with Crippen molar-refractivity contribution in [1.29, 1.82) is 0 Å². The molecule has 2 aromatic rings. The summed E-state index contributed by atoms with van der Waals surface area (Å²) in [6, 6.07) is 4.80. The van der Waals surface area contributed by atoms with Gasteiger partial charge in [0.15, 0.2) is 0 Å². The molecule has 2 rings (SSSR count). The zero-order valence-electron chi connectivity index (χ0n) is 10.8. The predicted octanol–water partition coefficient (Wildman–Crippen LogP) is 3.49. The van der Waals surface area contributed by atoms with E-state index >= 15 is 0 Å². The number of aryl methyl sites for hydroxylation is 2. The second-order valence-corrected chi connectivity index (χ2v) is 4.25. The second kappa shape index (κ2) is 4.99. The van der Waals surface area contributed by atoms with Crippen LogP contribution in [0.25, 0.3) is 0 Å². The van der Waals surface area contributed by atoms with Gasteiger partial charge in [-0.1, -0.05) is 0 Å². The van der Waals surface area contributed by atoms with Crippen molar-refractivity contribution in [2.45, 2.75) is 20.0 Å². The van der Waals surface area contributed by atoms with E-state index in [0.717, 1.165) is 6.07 Å². The van der Waals surface area contributed by atoms with E-state index in [0.29, 0.717) is 11.5 Å². The third-order valence-electron chi connectivity index (χ3n) is 2.47. The van der Waals surface area contributed by atoms with Crippen molar-refractivity contribution in [2.75, 3.05) is 5.73 Å². The number of nitrogen functional groups attached to an aromatic ring is 1. The molecule has 0 atom stereocenters. The summed E-state index contributed by atoms with van der Waals surface area (Å²) in [5.74, 6) is 0.137. The van der Waals surface area contributed by atoms with Gasteiger partial charge in [0.1, 0.15) is 17.1 Å². The highest BCUT2D eigenvalue weighted by molar-refractivity contribution is 5.50. The first-order valence-corrected chi connectivity index (χ1v) is 5.72. The van der Waals surface area contributed by atoms with Gasteiger partial charge in [0.05, 0.1) is 0 Å². The molecule has 0 aliphatic heterocycles. The lowest BCUT2D eigenvalue weighted by Gasteiger charge is -2.14. The number of halogens is 3. The Morgan fingerprint density at radius 2 is 1.80 bits per heavy atom. The minimum atomic E-state index is -4.55. The molecule has 2 N–H and O–H groups in total. The van der Waals surface area contributed by atoms with Crippen molar-refractivity contribution in [1.82, 2.24) is 9.97 Å². The molecule has 0 bridgehead atoms. The molecule has 1 aromatic carbocycles. The monoisotopic (exact) mass is 283 g/mol. The summed E-state index contributed by atoms with van der Waals surface area (Å²) >= 11 is 0. The van der Waals surface area contributed by atoms with Crippen molar-refractivity contribution < 1.29 is 17.9 Å². The number of hydrogen-bond donors (Lipinski definition) is 1. The summed E-state index contributed by atoms with van der Waals surface area (Å²) in [7, 11) is 0. The Kier molecular flexibility index (Phi) is 3.52. The van der Waals surface area contributed by atoms with Crippen molar-refractivity contribution in [3.05, 3.63) is 41.3 Å². The average molecular weight is 283 g/mol. The summed E-state index contributed by atoms with van der Waals surface area (Å²) < 4.78 is 44.0. The third-order valence-corrected chi connectivity index (χ3v) is 2.47. The molecule has 0 fully saturated rings. The molecule has 106 valence electrons. The molecule has 1 heterocycles. The van der Waals surface area contributed by atoms with E-state index in [1.807, 2.05) is 0 Å². The predicted molar refractivity (Wildman–Crippen MR) is 67.4 cm³/mol. The van der Waals surface area contributed by atoms with Crippen LogP contribution in [0.15, 0.2) is 24.3 Å². The lowest BCUT2D eigenvalue weighted by Crippen LogP contribution is -2.08. The molecule has 1 aromatic heterocycles. The highest BCUT2D eigenvalue weighted by atomic mass is 19.4. The zero-order valence-corrected chi connectivity index (χ0v) is 10.8. The molecule has 0 saturated heterocycles. The van der Waals surface area contributed by atoms with Gasteiger partial charge in [-0.2, -0.15) is 18.2 Å². The number of benzene rings is 1. The Balaban J connectivity index is 2.43. The quantitative estimate of drug-likeness (QED) is 0.857. The number of ether oxygens (including phenoxy) is 1. The van der Waals surface area contributed by atoms with Crippen LogP contribution in [0.3, 0.4) is 0 Å². The lowest BCUT2D eigenvalue weighted by molar-refractivity contribution is -0.138. The van der Waals surface area contributed by atoms with Gasteiger partial charge >= 0.3 is 6.18 Å². The second-order valence-electron chi connectivity index (χ2n) is 4.25. The standard InChI is InChI=1S/C13H12F3N3O/c1-7-5-12(19-8(2)18-7)20-11-4-3-9(17)6-10(11)13(14,15)16/h3-6H,17H2,1-2H3. The Labute approximate surface area is 113 Å². The van der Waals surface area contributed by atoms with Crippen LogP contribution in [-0.2, 0) is 6.18 Å². The van der Waals surface area contributed by atoms with Crippen LogP contribution in [0.4, 0.5) is 18.9 Å². The van der Waals surface area contributed by atoms with Crippen molar-refractivity contribution in [3.8, 4) is 11.6 Å². The summed E-state index contributed by atoms with van der Waals surface area (Å²) in [5, 5.41) is 0. The number of alkyl halides is 3. The van der Waals surface area contributed by atoms with Gasteiger partial charge in [0, 0.05) is 17.4 Å². The molecule has 0 aliphatic carbocycles. The number of aromatic nitrogens is 2. The number of anilines is 1. The fourth-order valence-electron chi connectivity index (χ4n) is 1.71. The number of rotatable bonds is 2. The first-order valence-electron chi connectivity index (χ1n) is 5.72. The Morgan fingerprint density at radius 3 is 2.40 bits per heavy atom. The van der Waals surface area contributed by atoms with E-state index < -0.39 is 11.7 Å². The van der Waals surface area contributed by atoms with E-state index in [1.165, 1.54) is 18.2 Å². The van der Waals surface area contributed by atoms with Gasteiger partial charge in [-0.15, -0.1) is 0 Å². The number of hydrogen-bond acceptors (Lipinski definition) is 4. The van der Waals surface area contributed by atoms with Crippen molar-refractivity contribution in [3.63, 3.8) is 0 Å². The van der Waals surface area contributed by atoms with Gasteiger partial charge < -0.3 is 10.5 Å². The molecule has 0 aliphatic rings. The fourth-order valence-corrected chi connectivity index (χ4v) is 1.71. The SMILES string of the molecule is Cc1cc(Oc2ccc(N)cc2C(F)(F)F)nc(C)n1. The molecule has 0 saturated carbocycles. The lowest BCUT2D eigenvalue weighted by atomic mass is 10.1. The summed E-state index contributed by atoms with van der Waals surface area (Å²) in [6.45, 7) is 3.34. The minimum absolute atomic E-state index is 0.0136. The van der Waals surface area contributed by atoms with Gasteiger partial charge in [-0.25, -0.2) is 4.98 Å². The minimum Gasteiger partial charge on any atom is -0.438 e. The van der Waals surface area contributed by atoms with Crippen LogP contribution in [-0.4, -0.2) is 9.97 Å². The van der Waals surface area contributed by atoms with Crippen LogP contribution in [0.5, 0.6) is 11.6 Å². The maximum absolute atomic E-state index is 12.9. The molecule has 0 radical (unpaired) electrons. The van der Waals surface area contributed by atoms with Gasteiger partial charge in [0.25, 0.3) is 0 Å². The molecule has 7 heteroatoms. The van der Waals surface area contributed by atoms with E-state index in [2.05, 4.69) is 9.97 Å². The maximum Gasteiger partial charge on any atom is 0.420 e. The van der Waals surface area contributed by atoms with Crippen molar-refractivity contribution >= 4 is 5.69 Å². The highest BCUT2D eigenvalue weighted by Gasteiger charge is 2.35. The van der Waals surface area contributed by atoms with Gasteiger partial charge in [0.2, 0.25) is 5.88 Å². The smallest absolute Gasteiger partial charge is 0.420 e. The van der Waals surface area contributed by atoms with Crippen LogP contribution >= 0.6 is 0 Å². The normalized spacial score (nSPS) is 11.4. The maximum atomic E-state index is 12.9. The molecular formula is C13H12F3N3O. The topological polar surface area (TPSA) is 61.0 Å². The van der Waals surface area contributed by atoms with E-state index in [4.69, 9.17) is 10.5 Å². The fraction of sp³-hybridized carbons (Fsp3) is 0.231. The highest BCUT2D eigenvalue weighted by Crippen LogP contribution is 2.38. The van der Waals surface area contributed by atoms with E-state index in [9.17, 15) is 13.2 Å². The molecule has 20 heavy (non-hydrogen) atoms. The van der Waals surface area contributed by atoms with Crippen molar-refractivity contribution in [2.24, 2.45) is 0 Å². The molecule has 0 unspecified atom stereocenters. The first kappa shape index (κ1) is 14.1. The zero-order chi connectivity index (χ0) is 14.9. The number of nitrogens with zero attached hydrogens (tertiary/aromatic N) is 2. The van der Waals surface area contributed by atoms with Crippen LogP contribution in [0.1, 0.15) is 17.1 Å². The van der Waals surface area contributed by atoms with E-state index in [-0.39, 0.29) is 17.3 Å². The first-order chi connectivity index (χ1) is 9.25. The van der Waals surface area contributed by atoms with Crippen LogP contribution in [0, 0.1) is 13.8 Å². The van der Waals surface area contributed by atoms with E-state index in [1.54, 1.807) is 13.8 Å². The Morgan fingerprint density at radius 1 is 1.10 bits per heavy atom. The summed E-state index contributed by atoms with van der Waals surface area (Å²) in [4.78, 5) is 7.97. The van der Waals surface area contributed by atoms with Crippen LogP contribution in [0.2, 0.25) is 0 Å². The van der Waals surface area contributed by atoms with Gasteiger partial charge in [-0.05, 0) is 32.0 Å². The van der Waals surface area contributed by atoms with Gasteiger partial charge in [-0.3, -0.25) is 0 Å². The number of nitrogens with two attached hydrogens (primary N) is 1.